The molecule has 0 fully saturated rings. The van der Waals surface area contributed by atoms with Crippen LogP contribution >= 0.6 is 0 Å². The molecule has 1 aromatic heterocycles. The number of hydrogen-bond donors (Lipinski definition) is 1. The molecule has 0 aliphatic heterocycles. The Morgan fingerprint density at radius 1 is 1.07 bits per heavy atom. The normalized spacial score (nSPS) is 11.8. The highest BCUT2D eigenvalue weighted by atomic mass is 16.2. The summed E-state index contributed by atoms with van der Waals surface area (Å²) in [4.78, 5) is 42.3. The number of aromatic nitrogens is 1. The molecule has 2 amide bonds. The van der Waals surface area contributed by atoms with Crippen LogP contribution in [-0.2, 0) is 6.54 Å². The van der Waals surface area contributed by atoms with Gasteiger partial charge >= 0.3 is 0 Å². The van der Waals surface area contributed by atoms with E-state index in [2.05, 4.69) is 24.1 Å². The first kappa shape index (κ1) is 24.9. The summed E-state index contributed by atoms with van der Waals surface area (Å²) < 4.78 is 1.79. The fourth-order valence-corrected chi connectivity index (χ4v) is 2.82. The minimum atomic E-state index is -0.517. The van der Waals surface area contributed by atoms with Crippen LogP contribution in [0.3, 0.4) is 0 Å². The summed E-state index contributed by atoms with van der Waals surface area (Å²) in [7, 11) is 5.65. The van der Waals surface area contributed by atoms with Crippen molar-refractivity contribution < 1.29 is 9.59 Å². The molecule has 29 heavy (non-hydrogen) atoms. The van der Waals surface area contributed by atoms with E-state index in [1.165, 1.54) is 0 Å². The number of aryl methyl sites for hydroxylation is 1. The van der Waals surface area contributed by atoms with E-state index in [1.807, 2.05) is 34.9 Å². The van der Waals surface area contributed by atoms with Crippen molar-refractivity contribution in [2.75, 3.05) is 34.2 Å². The van der Waals surface area contributed by atoms with Gasteiger partial charge in [0.2, 0.25) is 5.43 Å². The summed E-state index contributed by atoms with van der Waals surface area (Å²) in [5, 5.41) is 2.83. The summed E-state index contributed by atoms with van der Waals surface area (Å²) in [6.45, 7) is 11.8. The molecule has 0 unspecified atom stereocenters. The van der Waals surface area contributed by atoms with Gasteiger partial charge in [-0.15, -0.1) is 0 Å². The van der Waals surface area contributed by atoms with Crippen LogP contribution in [-0.4, -0.2) is 66.0 Å². The topological polar surface area (TPSA) is 74.6 Å². The van der Waals surface area contributed by atoms with Gasteiger partial charge in [-0.2, -0.15) is 0 Å². The van der Waals surface area contributed by atoms with Crippen molar-refractivity contribution in [1.82, 2.24) is 19.7 Å². The monoisotopic (exact) mass is 406 g/mol. The predicted molar refractivity (Wildman–Crippen MR) is 118 cm³/mol. The maximum atomic E-state index is 13.0. The number of rotatable bonds is 9. The summed E-state index contributed by atoms with van der Waals surface area (Å²) in [6, 6.07) is 0. The van der Waals surface area contributed by atoms with E-state index in [0.717, 1.165) is 19.4 Å². The number of carbonyl (C=O) groups is 2. The molecule has 0 saturated heterocycles. The van der Waals surface area contributed by atoms with Gasteiger partial charge in [-0.25, -0.2) is 0 Å². The Morgan fingerprint density at radius 2 is 1.66 bits per heavy atom. The standard InChI is InChI=1S/C22H38N4O3/c1-16(2)10-13-26-14-17(20(28)23-22(3,4)5)19(27)18(15-26)21(29)25(8)12-9-11-24(6)7/h14-16H,9-13H2,1-8H3,(H,23,28). The predicted octanol–water partition coefficient (Wildman–Crippen LogP) is 2.45. The van der Waals surface area contributed by atoms with Crippen LogP contribution in [0.1, 0.15) is 68.2 Å². The highest BCUT2D eigenvalue weighted by molar-refractivity contribution is 5.99. The molecule has 0 saturated carbocycles. The van der Waals surface area contributed by atoms with Crippen LogP contribution in [0, 0.1) is 5.92 Å². The van der Waals surface area contributed by atoms with Crippen molar-refractivity contribution in [3.05, 3.63) is 33.7 Å². The first-order valence-corrected chi connectivity index (χ1v) is 10.3. The van der Waals surface area contributed by atoms with Gasteiger partial charge in [-0.1, -0.05) is 13.8 Å². The Morgan fingerprint density at radius 3 is 2.17 bits per heavy atom. The number of nitrogens with one attached hydrogen (secondary N) is 1. The van der Waals surface area contributed by atoms with Gasteiger partial charge in [-0.3, -0.25) is 14.4 Å². The molecule has 0 aromatic carbocycles. The molecule has 0 aliphatic rings. The molecule has 164 valence electrons. The maximum absolute atomic E-state index is 13.0. The zero-order chi connectivity index (χ0) is 22.4. The van der Waals surface area contributed by atoms with Crippen molar-refractivity contribution in [2.45, 2.75) is 59.5 Å². The molecule has 1 rings (SSSR count). The molecular formula is C22H38N4O3. The van der Waals surface area contributed by atoms with E-state index in [0.29, 0.717) is 19.0 Å². The fraction of sp³-hybridized carbons (Fsp3) is 0.682. The van der Waals surface area contributed by atoms with Gasteiger partial charge in [0, 0.05) is 38.1 Å². The van der Waals surface area contributed by atoms with E-state index in [-0.39, 0.29) is 17.0 Å². The fourth-order valence-electron chi connectivity index (χ4n) is 2.82. The lowest BCUT2D eigenvalue weighted by atomic mass is 10.1. The third kappa shape index (κ3) is 8.40. The molecule has 7 heteroatoms. The zero-order valence-corrected chi connectivity index (χ0v) is 19.3. The van der Waals surface area contributed by atoms with Crippen molar-refractivity contribution in [1.29, 1.82) is 0 Å². The van der Waals surface area contributed by atoms with Gasteiger partial charge < -0.3 is 19.7 Å². The van der Waals surface area contributed by atoms with Gasteiger partial charge in [0.05, 0.1) is 0 Å². The van der Waals surface area contributed by atoms with Crippen molar-refractivity contribution in [3.63, 3.8) is 0 Å². The average Bonchev–Trinajstić information content (AvgIpc) is 2.58. The SMILES string of the molecule is CC(C)CCn1cc(C(=O)NC(C)(C)C)c(=O)c(C(=O)N(C)CCCN(C)C)c1. The van der Waals surface area contributed by atoms with Crippen molar-refractivity contribution >= 4 is 11.8 Å². The minimum Gasteiger partial charge on any atom is -0.352 e. The lowest BCUT2D eigenvalue weighted by Gasteiger charge is -2.22. The van der Waals surface area contributed by atoms with Crippen LogP contribution in [0.2, 0.25) is 0 Å². The van der Waals surface area contributed by atoms with Gasteiger partial charge in [0.15, 0.2) is 0 Å². The number of carbonyl (C=O) groups excluding carboxylic acids is 2. The van der Waals surface area contributed by atoms with E-state index < -0.39 is 16.9 Å². The Bertz CT molecular complexity index is 760. The van der Waals surface area contributed by atoms with E-state index in [4.69, 9.17) is 0 Å². The molecule has 0 atom stereocenters. The molecule has 0 radical (unpaired) electrons. The lowest BCUT2D eigenvalue weighted by Crippen LogP contribution is -2.43. The maximum Gasteiger partial charge on any atom is 0.259 e. The third-order valence-corrected chi connectivity index (χ3v) is 4.45. The summed E-state index contributed by atoms with van der Waals surface area (Å²) >= 11 is 0. The number of hydrogen-bond acceptors (Lipinski definition) is 4. The highest BCUT2D eigenvalue weighted by Gasteiger charge is 2.24. The molecule has 0 aliphatic carbocycles. The molecular weight excluding hydrogens is 368 g/mol. The second-order valence-corrected chi connectivity index (χ2v) is 9.42. The first-order chi connectivity index (χ1) is 13.3. The van der Waals surface area contributed by atoms with Gasteiger partial charge in [0.1, 0.15) is 11.1 Å². The molecule has 1 N–H and O–H groups in total. The minimum absolute atomic E-state index is 0.0104. The quantitative estimate of drug-likeness (QED) is 0.684. The van der Waals surface area contributed by atoms with Gasteiger partial charge in [-0.05, 0) is 60.2 Å². The smallest absolute Gasteiger partial charge is 0.259 e. The van der Waals surface area contributed by atoms with E-state index >= 15 is 0 Å². The Balaban J connectivity index is 3.24. The molecule has 1 aromatic rings. The van der Waals surface area contributed by atoms with E-state index in [1.54, 1.807) is 28.9 Å². The molecule has 7 nitrogen and oxygen atoms in total. The molecule has 0 spiro atoms. The number of amides is 2. The van der Waals surface area contributed by atoms with Crippen molar-refractivity contribution in [3.8, 4) is 0 Å². The lowest BCUT2D eigenvalue weighted by molar-refractivity contribution is 0.0788. The second kappa shape index (κ2) is 10.6. The van der Waals surface area contributed by atoms with Crippen LogP contribution < -0.4 is 10.7 Å². The largest absolute Gasteiger partial charge is 0.352 e. The average molecular weight is 407 g/mol. The first-order valence-electron chi connectivity index (χ1n) is 10.3. The number of nitrogens with zero attached hydrogens (tertiary/aromatic N) is 3. The molecule has 0 bridgehead atoms. The Hall–Kier alpha value is -2.15. The molecule has 1 heterocycles. The second-order valence-electron chi connectivity index (χ2n) is 9.42. The Kier molecular flexibility index (Phi) is 9.08. The summed E-state index contributed by atoms with van der Waals surface area (Å²) in [5.41, 5.74) is -0.939. The third-order valence-electron chi connectivity index (χ3n) is 4.45. The van der Waals surface area contributed by atoms with E-state index in [9.17, 15) is 14.4 Å². The van der Waals surface area contributed by atoms with Crippen LogP contribution in [0.5, 0.6) is 0 Å². The van der Waals surface area contributed by atoms with Crippen LogP contribution in [0.25, 0.3) is 0 Å². The van der Waals surface area contributed by atoms with Crippen molar-refractivity contribution in [2.24, 2.45) is 5.92 Å². The number of pyridine rings is 1. The summed E-state index contributed by atoms with van der Waals surface area (Å²) in [6.07, 6.45) is 4.84. The summed E-state index contributed by atoms with van der Waals surface area (Å²) in [5.74, 6) is -0.336. The highest BCUT2D eigenvalue weighted by Crippen LogP contribution is 2.09. The zero-order valence-electron chi connectivity index (χ0n) is 19.3. The van der Waals surface area contributed by atoms with Gasteiger partial charge in [0.25, 0.3) is 11.8 Å². The Labute approximate surface area is 175 Å². The van der Waals surface area contributed by atoms with Crippen LogP contribution in [0.4, 0.5) is 0 Å². The van der Waals surface area contributed by atoms with Crippen LogP contribution in [0.15, 0.2) is 17.2 Å².